The second kappa shape index (κ2) is 22.0. The minimum atomic E-state index is 0.621. The summed E-state index contributed by atoms with van der Waals surface area (Å²) in [6.07, 6.45) is 0. The third-order valence-electron chi connectivity index (χ3n) is 1.79. The van der Waals surface area contributed by atoms with Crippen LogP contribution in [0, 0.1) is 0 Å². The Morgan fingerprint density at radius 2 is 0.889 bits per heavy atom. The highest BCUT2D eigenvalue weighted by molar-refractivity contribution is 4.32. The predicted molar refractivity (Wildman–Crippen MR) is 72.2 cm³/mol. The van der Waals surface area contributed by atoms with Gasteiger partial charge in [0.05, 0.1) is 39.6 Å². The Morgan fingerprint density at radius 1 is 0.500 bits per heavy atom. The largest absolute Gasteiger partial charge is 0.382 e. The van der Waals surface area contributed by atoms with Gasteiger partial charge in [0.2, 0.25) is 0 Å². The quantitative estimate of drug-likeness (QED) is 0.504. The van der Waals surface area contributed by atoms with Gasteiger partial charge in [-0.2, -0.15) is 0 Å². The van der Waals surface area contributed by atoms with Crippen LogP contribution in [0.15, 0.2) is 0 Å². The summed E-state index contributed by atoms with van der Waals surface area (Å²) in [5.41, 5.74) is 0. The Bertz CT molecular complexity index is 110. The number of hydrogen-bond donors (Lipinski definition) is 0. The fraction of sp³-hybridized carbons (Fsp3) is 1.00. The van der Waals surface area contributed by atoms with Crippen molar-refractivity contribution in [3.63, 3.8) is 0 Å². The molecule has 0 heterocycles. The molecule has 0 aromatic rings. The molecule has 18 heavy (non-hydrogen) atoms. The van der Waals surface area contributed by atoms with Crippen LogP contribution in [0.25, 0.3) is 0 Å². The van der Waals surface area contributed by atoms with E-state index in [4.69, 9.17) is 23.7 Å². The van der Waals surface area contributed by atoms with Crippen molar-refractivity contribution in [2.24, 2.45) is 0 Å². The van der Waals surface area contributed by atoms with Crippen LogP contribution in [0.1, 0.15) is 20.8 Å². The first-order valence-electron chi connectivity index (χ1n) is 6.63. The van der Waals surface area contributed by atoms with Crippen molar-refractivity contribution in [1.82, 2.24) is 0 Å². The molecule has 0 unspecified atom stereocenters. The van der Waals surface area contributed by atoms with Gasteiger partial charge in [-0.25, -0.2) is 0 Å². The highest BCUT2D eigenvalue weighted by Crippen LogP contribution is 1.81. The maximum atomic E-state index is 5.23. The monoisotopic (exact) mass is 266 g/mol. The van der Waals surface area contributed by atoms with Gasteiger partial charge in [0.1, 0.15) is 0 Å². The van der Waals surface area contributed by atoms with Crippen LogP contribution in [0.3, 0.4) is 0 Å². The molecule has 5 heteroatoms. The van der Waals surface area contributed by atoms with E-state index < -0.39 is 0 Å². The first-order valence-corrected chi connectivity index (χ1v) is 6.63. The van der Waals surface area contributed by atoms with Crippen molar-refractivity contribution in [3.8, 4) is 0 Å². The second-order valence-electron chi connectivity index (χ2n) is 3.20. The summed E-state index contributed by atoms with van der Waals surface area (Å²) in [4.78, 5) is 0. The summed E-state index contributed by atoms with van der Waals surface area (Å²) in [5.74, 6) is 0. The summed E-state index contributed by atoms with van der Waals surface area (Å²) >= 11 is 0. The maximum Gasteiger partial charge on any atom is 0.0701 e. The van der Waals surface area contributed by atoms with Gasteiger partial charge < -0.3 is 23.7 Å². The molecule has 0 N–H and O–H groups in total. The Labute approximate surface area is 112 Å². The molecule has 0 saturated carbocycles. The van der Waals surface area contributed by atoms with Gasteiger partial charge in [0, 0.05) is 26.9 Å². The zero-order valence-corrected chi connectivity index (χ0v) is 12.4. The summed E-state index contributed by atoms with van der Waals surface area (Å²) in [5, 5.41) is 0. The molecule has 0 fully saturated rings. The van der Waals surface area contributed by atoms with Gasteiger partial charge in [-0.3, -0.25) is 0 Å². The fourth-order valence-corrected chi connectivity index (χ4v) is 0.931. The topological polar surface area (TPSA) is 46.2 Å². The van der Waals surface area contributed by atoms with Gasteiger partial charge in [-0.15, -0.1) is 0 Å². The summed E-state index contributed by atoms with van der Waals surface area (Å²) in [6.45, 7) is 12.2. The highest BCUT2D eigenvalue weighted by atomic mass is 16.6. The van der Waals surface area contributed by atoms with E-state index in [1.807, 2.05) is 20.8 Å². The maximum absolute atomic E-state index is 5.23. The van der Waals surface area contributed by atoms with Crippen LogP contribution in [0.2, 0.25) is 0 Å². The molecular formula is C13H30O5. The lowest BCUT2D eigenvalue weighted by molar-refractivity contribution is 0.00534. The molecule has 0 amide bonds. The third kappa shape index (κ3) is 24.9. The Balaban J connectivity index is 0. The van der Waals surface area contributed by atoms with Crippen molar-refractivity contribution in [2.45, 2.75) is 20.8 Å². The molecule has 0 aliphatic rings. The second-order valence-corrected chi connectivity index (χ2v) is 3.20. The van der Waals surface area contributed by atoms with E-state index >= 15 is 0 Å². The van der Waals surface area contributed by atoms with Crippen molar-refractivity contribution in [2.75, 3.05) is 66.6 Å². The van der Waals surface area contributed by atoms with E-state index in [1.165, 1.54) is 0 Å². The first-order chi connectivity index (χ1) is 8.83. The van der Waals surface area contributed by atoms with E-state index in [2.05, 4.69) is 0 Å². The molecule has 0 radical (unpaired) electrons. The molecule has 0 atom stereocenters. The number of methoxy groups -OCH3 is 1. The first kappa shape index (κ1) is 20.1. The lowest BCUT2D eigenvalue weighted by atomic mass is 10.7. The molecule has 0 saturated heterocycles. The number of rotatable bonds is 12. The molecule has 112 valence electrons. The van der Waals surface area contributed by atoms with Gasteiger partial charge in [0.25, 0.3) is 0 Å². The fourth-order valence-electron chi connectivity index (χ4n) is 0.931. The standard InChI is InChI=1S/C9H20O4.C4H10O/c1-3-11-6-7-13-9-8-12-5-4-10-2;1-3-5-4-2/h3-9H2,1-2H3;3-4H2,1-2H3. The molecule has 5 nitrogen and oxygen atoms in total. The minimum absolute atomic E-state index is 0.621. The molecule has 0 spiro atoms. The van der Waals surface area contributed by atoms with E-state index in [0.29, 0.717) is 39.6 Å². The Morgan fingerprint density at radius 3 is 1.22 bits per heavy atom. The average molecular weight is 266 g/mol. The van der Waals surface area contributed by atoms with Crippen LogP contribution in [-0.4, -0.2) is 66.6 Å². The van der Waals surface area contributed by atoms with E-state index in [9.17, 15) is 0 Å². The normalized spacial score (nSPS) is 10.0. The third-order valence-corrected chi connectivity index (χ3v) is 1.79. The van der Waals surface area contributed by atoms with Gasteiger partial charge in [-0.1, -0.05) is 0 Å². The van der Waals surface area contributed by atoms with Gasteiger partial charge in [0.15, 0.2) is 0 Å². The summed E-state index contributed by atoms with van der Waals surface area (Å²) in [6, 6.07) is 0. The van der Waals surface area contributed by atoms with Crippen LogP contribution >= 0.6 is 0 Å². The molecule has 0 aromatic heterocycles. The van der Waals surface area contributed by atoms with E-state index in [1.54, 1.807) is 7.11 Å². The minimum Gasteiger partial charge on any atom is -0.382 e. The highest BCUT2D eigenvalue weighted by Gasteiger charge is 1.89. The molecular weight excluding hydrogens is 236 g/mol. The molecule has 0 aromatic carbocycles. The van der Waals surface area contributed by atoms with Crippen molar-refractivity contribution in [1.29, 1.82) is 0 Å². The smallest absolute Gasteiger partial charge is 0.0701 e. The lowest BCUT2D eigenvalue weighted by Gasteiger charge is -2.05. The van der Waals surface area contributed by atoms with Crippen LogP contribution in [-0.2, 0) is 23.7 Å². The Kier molecular flexibility index (Phi) is 24.6. The predicted octanol–water partition coefficient (Wildman–Crippen LogP) is 1.75. The van der Waals surface area contributed by atoms with Crippen LogP contribution in [0.4, 0.5) is 0 Å². The lowest BCUT2D eigenvalue weighted by Crippen LogP contribution is -2.11. The zero-order chi connectivity index (χ0) is 13.9. The molecule has 0 bridgehead atoms. The number of ether oxygens (including phenoxy) is 5. The summed E-state index contributed by atoms with van der Waals surface area (Å²) in [7, 11) is 1.65. The molecule has 0 aliphatic carbocycles. The average Bonchev–Trinajstić information content (AvgIpc) is 2.39. The van der Waals surface area contributed by atoms with Gasteiger partial charge in [-0.05, 0) is 20.8 Å². The Hall–Kier alpha value is -0.200. The van der Waals surface area contributed by atoms with Gasteiger partial charge >= 0.3 is 0 Å². The van der Waals surface area contributed by atoms with E-state index in [0.717, 1.165) is 19.8 Å². The SMILES string of the molecule is CCOCC.CCOCCOCCOCCOC. The van der Waals surface area contributed by atoms with Crippen LogP contribution < -0.4 is 0 Å². The molecule has 0 aliphatic heterocycles. The molecule has 0 rings (SSSR count). The van der Waals surface area contributed by atoms with Crippen molar-refractivity contribution in [3.05, 3.63) is 0 Å². The summed E-state index contributed by atoms with van der Waals surface area (Å²) < 4.78 is 25.2. The van der Waals surface area contributed by atoms with E-state index in [-0.39, 0.29) is 0 Å². The van der Waals surface area contributed by atoms with Crippen molar-refractivity contribution < 1.29 is 23.7 Å². The van der Waals surface area contributed by atoms with Crippen molar-refractivity contribution >= 4 is 0 Å². The number of hydrogen-bond acceptors (Lipinski definition) is 5. The van der Waals surface area contributed by atoms with Crippen LogP contribution in [0.5, 0.6) is 0 Å². The zero-order valence-electron chi connectivity index (χ0n) is 12.4.